The van der Waals surface area contributed by atoms with Crippen LogP contribution < -0.4 is 0 Å². The summed E-state index contributed by atoms with van der Waals surface area (Å²) in [6.07, 6.45) is 1.52. The number of aliphatic hydroxyl groups is 1. The van der Waals surface area contributed by atoms with Gasteiger partial charge in [0.2, 0.25) is 0 Å². The van der Waals surface area contributed by atoms with Crippen molar-refractivity contribution in [2.75, 3.05) is 106 Å². The highest BCUT2D eigenvalue weighted by Crippen LogP contribution is 2.17. The quantitative estimate of drug-likeness (QED) is 0.228. The molecule has 1 heterocycles. The van der Waals surface area contributed by atoms with E-state index in [1.54, 1.807) is 4.90 Å². The summed E-state index contributed by atoms with van der Waals surface area (Å²) in [4.78, 5) is 13.8. The number of carbonyl (C=O) groups excluding carboxylic acids is 1. The summed E-state index contributed by atoms with van der Waals surface area (Å²) in [5.74, 6) is 0. The average molecular weight is 510 g/mol. The molecule has 1 aliphatic rings. The molecular weight excluding hydrogens is 462 g/mol. The van der Waals surface area contributed by atoms with Crippen LogP contribution in [0.4, 0.5) is 4.79 Å². The van der Waals surface area contributed by atoms with Crippen LogP contribution in [0.3, 0.4) is 0 Å². The van der Waals surface area contributed by atoms with Crippen molar-refractivity contribution in [3.05, 3.63) is 0 Å². The van der Waals surface area contributed by atoms with Crippen molar-refractivity contribution < 1.29 is 47.8 Å². The summed E-state index contributed by atoms with van der Waals surface area (Å²) in [6.45, 7) is 13.4. The predicted molar refractivity (Wildman–Crippen MR) is 129 cm³/mol. The van der Waals surface area contributed by atoms with E-state index in [1.807, 2.05) is 20.8 Å². The first kappa shape index (κ1) is 32.0. The molecule has 0 aromatic carbocycles. The van der Waals surface area contributed by atoms with Crippen LogP contribution in [0.2, 0.25) is 0 Å². The van der Waals surface area contributed by atoms with Gasteiger partial charge in [-0.15, -0.1) is 0 Å². The topological polar surface area (TPSA) is 114 Å². The molecule has 0 spiro atoms. The van der Waals surface area contributed by atoms with Gasteiger partial charge in [0.1, 0.15) is 5.60 Å². The number of hydrogen-bond acceptors (Lipinski definition) is 10. The Labute approximate surface area is 210 Å². The van der Waals surface area contributed by atoms with Gasteiger partial charge in [-0.3, -0.25) is 0 Å². The van der Waals surface area contributed by atoms with Gasteiger partial charge >= 0.3 is 6.09 Å². The molecule has 1 amide bonds. The molecular formula is C24H47NO10. The zero-order valence-electron chi connectivity index (χ0n) is 21.9. The fraction of sp³-hybridized carbons (Fsp3) is 0.958. The molecule has 11 nitrogen and oxygen atoms in total. The number of ether oxygens (including phenoxy) is 8. The van der Waals surface area contributed by atoms with Crippen molar-refractivity contribution in [1.82, 2.24) is 4.90 Å². The van der Waals surface area contributed by atoms with Crippen molar-refractivity contribution in [3.8, 4) is 0 Å². The summed E-state index contributed by atoms with van der Waals surface area (Å²) in [5, 5.41) is 8.56. The number of amides is 1. The third-order valence-electron chi connectivity index (χ3n) is 4.77. The molecule has 208 valence electrons. The SMILES string of the molecule is CC(C)(C)OC(=O)N1CCC(OCCOCCOCCOCCOCCOCCOCCO)CC1. The first-order valence-corrected chi connectivity index (χ1v) is 12.6. The second-order valence-electron chi connectivity index (χ2n) is 8.94. The van der Waals surface area contributed by atoms with Crippen molar-refractivity contribution in [2.45, 2.75) is 45.3 Å². The largest absolute Gasteiger partial charge is 0.444 e. The maximum Gasteiger partial charge on any atom is 0.410 e. The highest BCUT2D eigenvalue weighted by molar-refractivity contribution is 5.68. The minimum atomic E-state index is -0.470. The zero-order chi connectivity index (χ0) is 25.6. The Hall–Kier alpha value is -1.05. The Morgan fingerprint density at radius 2 is 1.06 bits per heavy atom. The van der Waals surface area contributed by atoms with E-state index in [4.69, 9.17) is 43.0 Å². The van der Waals surface area contributed by atoms with Gasteiger partial charge in [-0.1, -0.05) is 0 Å². The van der Waals surface area contributed by atoms with Crippen LogP contribution in [0.1, 0.15) is 33.6 Å². The predicted octanol–water partition coefficient (Wildman–Crippen LogP) is 1.49. The molecule has 0 atom stereocenters. The van der Waals surface area contributed by atoms with Gasteiger partial charge < -0.3 is 47.9 Å². The van der Waals surface area contributed by atoms with Crippen LogP contribution in [0.5, 0.6) is 0 Å². The molecule has 1 rings (SSSR count). The number of hydrogen-bond donors (Lipinski definition) is 1. The van der Waals surface area contributed by atoms with Crippen molar-refractivity contribution >= 4 is 6.09 Å². The fourth-order valence-corrected chi connectivity index (χ4v) is 3.07. The average Bonchev–Trinajstić information content (AvgIpc) is 2.82. The van der Waals surface area contributed by atoms with Crippen molar-refractivity contribution in [1.29, 1.82) is 0 Å². The Morgan fingerprint density at radius 1 is 0.686 bits per heavy atom. The molecule has 1 fully saturated rings. The summed E-state index contributed by atoms with van der Waals surface area (Å²) >= 11 is 0. The second kappa shape index (κ2) is 21.1. The lowest BCUT2D eigenvalue weighted by Crippen LogP contribution is -2.43. The van der Waals surface area contributed by atoms with E-state index in [0.29, 0.717) is 99.0 Å². The van der Waals surface area contributed by atoms with Gasteiger partial charge in [-0.05, 0) is 33.6 Å². The van der Waals surface area contributed by atoms with Gasteiger partial charge in [0, 0.05) is 13.1 Å². The van der Waals surface area contributed by atoms with Crippen LogP contribution in [0.25, 0.3) is 0 Å². The van der Waals surface area contributed by atoms with Gasteiger partial charge in [-0.25, -0.2) is 4.79 Å². The second-order valence-corrected chi connectivity index (χ2v) is 8.94. The lowest BCUT2D eigenvalue weighted by molar-refractivity contribution is -0.0402. The molecule has 0 unspecified atom stereocenters. The summed E-state index contributed by atoms with van der Waals surface area (Å²) in [5.41, 5.74) is -0.470. The Kier molecular flexibility index (Phi) is 19.3. The maximum atomic E-state index is 12.1. The molecule has 0 radical (unpaired) electrons. The van der Waals surface area contributed by atoms with Gasteiger partial charge in [-0.2, -0.15) is 0 Å². The van der Waals surface area contributed by atoms with E-state index in [9.17, 15) is 4.79 Å². The molecule has 0 aromatic rings. The third kappa shape index (κ3) is 19.8. The Bertz CT molecular complexity index is 495. The highest BCUT2D eigenvalue weighted by Gasteiger charge is 2.27. The van der Waals surface area contributed by atoms with E-state index in [0.717, 1.165) is 12.8 Å². The number of rotatable bonds is 21. The van der Waals surface area contributed by atoms with Gasteiger partial charge in [0.05, 0.1) is 98.6 Å². The van der Waals surface area contributed by atoms with Crippen molar-refractivity contribution in [2.24, 2.45) is 0 Å². The van der Waals surface area contributed by atoms with Crippen molar-refractivity contribution in [3.63, 3.8) is 0 Å². The smallest absolute Gasteiger partial charge is 0.410 e. The van der Waals surface area contributed by atoms with Crippen LogP contribution in [-0.2, 0) is 37.9 Å². The zero-order valence-corrected chi connectivity index (χ0v) is 21.9. The summed E-state index contributed by atoms with van der Waals surface area (Å²) < 4.78 is 43.5. The number of piperidine rings is 1. The normalized spacial score (nSPS) is 15.0. The van der Waals surface area contributed by atoms with E-state index in [-0.39, 0.29) is 18.8 Å². The van der Waals surface area contributed by atoms with Gasteiger partial charge in [0.15, 0.2) is 0 Å². The Balaban J connectivity index is 1.77. The number of likely N-dealkylation sites (tertiary alicyclic amines) is 1. The summed E-state index contributed by atoms with van der Waals surface area (Å²) in [6, 6.07) is 0. The fourth-order valence-electron chi connectivity index (χ4n) is 3.07. The molecule has 1 aliphatic heterocycles. The van der Waals surface area contributed by atoms with E-state index < -0.39 is 5.60 Å². The van der Waals surface area contributed by atoms with Gasteiger partial charge in [0.25, 0.3) is 0 Å². The standard InChI is InChI=1S/C24H47NO10/c1-24(2,3)35-23(27)25-6-4-22(5-7-25)34-21-20-33-19-18-32-17-16-31-15-14-30-13-12-29-11-10-28-9-8-26/h22,26H,4-21H2,1-3H3. The van der Waals surface area contributed by atoms with Crippen LogP contribution in [-0.4, -0.2) is 133 Å². The maximum absolute atomic E-state index is 12.1. The number of carbonyl (C=O) groups is 1. The lowest BCUT2D eigenvalue weighted by Gasteiger charge is -2.33. The van der Waals surface area contributed by atoms with Crippen LogP contribution >= 0.6 is 0 Å². The molecule has 35 heavy (non-hydrogen) atoms. The molecule has 0 aromatic heterocycles. The third-order valence-corrected chi connectivity index (χ3v) is 4.77. The molecule has 0 saturated carbocycles. The molecule has 0 bridgehead atoms. The van der Waals surface area contributed by atoms with E-state index in [2.05, 4.69) is 0 Å². The molecule has 1 saturated heterocycles. The number of nitrogens with zero attached hydrogens (tertiary/aromatic N) is 1. The Morgan fingerprint density at radius 3 is 1.43 bits per heavy atom. The highest BCUT2D eigenvalue weighted by atomic mass is 16.6. The number of aliphatic hydroxyl groups excluding tert-OH is 1. The minimum Gasteiger partial charge on any atom is -0.444 e. The van der Waals surface area contributed by atoms with E-state index >= 15 is 0 Å². The molecule has 1 N–H and O–H groups in total. The first-order valence-electron chi connectivity index (χ1n) is 12.6. The minimum absolute atomic E-state index is 0.0266. The van der Waals surface area contributed by atoms with Crippen LogP contribution in [0.15, 0.2) is 0 Å². The molecule has 11 heteroatoms. The van der Waals surface area contributed by atoms with E-state index in [1.165, 1.54) is 0 Å². The summed E-state index contributed by atoms with van der Waals surface area (Å²) in [7, 11) is 0. The first-order chi connectivity index (χ1) is 16.9. The lowest BCUT2D eigenvalue weighted by atomic mass is 10.1. The molecule has 0 aliphatic carbocycles. The monoisotopic (exact) mass is 509 g/mol. The van der Waals surface area contributed by atoms with Crippen LogP contribution in [0, 0.1) is 0 Å².